The largest absolute Gasteiger partial charge is 0.383 e. The van der Waals surface area contributed by atoms with Crippen molar-refractivity contribution in [2.24, 2.45) is 0 Å². The standard InChI is InChI=1S/C20H16ClN3/c1-12-6-3-4-9-16(12)18-13(2)19(24-20(23)17(18)11-22)14-7-5-8-15(21)10-14/h3-10H,1-2H3,(H2,23,24). The molecule has 24 heavy (non-hydrogen) atoms. The first-order valence-electron chi connectivity index (χ1n) is 7.55. The van der Waals surface area contributed by atoms with E-state index in [9.17, 15) is 5.26 Å². The summed E-state index contributed by atoms with van der Waals surface area (Å²) in [5.74, 6) is 0.233. The molecular formula is C20H16ClN3. The van der Waals surface area contributed by atoms with E-state index in [0.29, 0.717) is 10.6 Å². The number of hydrogen-bond donors (Lipinski definition) is 1. The number of pyridine rings is 1. The van der Waals surface area contributed by atoms with Crippen LogP contribution in [-0.2, 0) is 0 Å². The van der Waals surface area contributed by atoms with Crippen molar-refractivity contribution in [3.8, 4) is 28.5 Å². The number of aromatic nitrogens is 1. The molecule has 0 radical (unpaired) electrons. The maximum atomic E-state index is 9.59. The second kappa shape index (κ2) is 6.35. The zero-order valence-electron chi connectivity index (χ0n) is 13.5. The average molecular weight is 334 g/mol. The van der Waals surface area contributed by atoms with Gasteiger partial charge in [-0.3, -0.25) is 0 Å². The third-order valence-electron chi connectivity index (χ3n) is 4.09. The van der Waals surface area contributed by atoms with Crippen LogP contribution in [0.25, 0.3) is 22.4 Å². The number of nitrogens with two attached hydrogens (primary N) is 1. The zero-order chi connectivity index (χ0) is 17.3. The van der Waals surface area contributed by atoms with Gasteiger partial charge in [-0.1, -0.05) is 48.0 Å². The lowest BCUT2D eigenvalue weighted by molar-refractivity contribution is 1.25. The van der Waals surface area contributed by atoms with Gasteiger partial charge in [0.25, 0.3) is 0 Å². The van der Waals surface area contributed by atoms with Gasteiger partial charge in [0.1, 0.15) is 17.5 Å². The molecule has 1 aromatic heterocycles. The van der Waals surface area contributed by atoms with Crippen LogP contribution in [0.5, 0.6) is 0 Å². The Bertz CT molecular complexity index is 971. The van der Waals surface area contributed by atoms with E-state index in [-0.39, 0.29) is 5.82 Å². The fourth-order valence-electron chi connectivity index (χ4n) is 2.91. The molecule has 0 aliphatic carbocycles. The van der Waals surface area contributed by atoms with Gasteiger partial charge in [0, 0.05) is 16.1 Å². The summed E-state index contributed by atoms with van der Waals surface area (Å²) < 4.78 is 0. The number of nitrogens with zero attached hydrogens (tertiary/aromatic N) is 2. The third kappa shape index (κ3) is 2.73. The molecule has 4 heteroatoms. The number of aryl methyl sites for hydroxylation is 1. The number of nitrogen functional groups attached to an aromatic ring is 1. The number of anilines is 1. The topological polar surface area (TPSA) is 62.7 Å². The molecule has 2 aromatic carbocycles. The van der Waals surface area contributed by atoms with Gasteiger partial charge in [0.05, 0.1) is 5.69 Å². The Kier molecular flexibility index (Phi) is 4.24. The van der Waals surface area contributed by atoms with Gasteiger partial charge >= 0.3 is 0 Å². The van der Waals surface area contributed by atoms with Crippen LogP contribution in [0, 0.1) is 25.2 Å². The lowest BCUT2D eigenvalue weighted by atomic mass is 9.90. The fraction of sp³-hybridized carbons (Fsp3) is 0.100. The van der Waals surface area contributed by atoms with Gasteiger partial charge in [-0.15, -0.1) is 0 Å². The van der Waals surface area contributed by atoms with Gasteiger partial charge in [-0.25, -0.2) is 4.98 Å². The number of hydrogen-bond acceptors (Lipinski definition) is 3. The summed E-state index contributed by atoms with van der Waals surface area (Å²) in [5.41, 5.74) is 11.9. The molecule has 0 atom stereocenters. The van der Waals surface area contributed by atoms with Gasteiger partial charge < -0.3 is 5.73 Å². The first-order valence-corrected chi connectivity index (χ1v) is 7.93. The van der Waals surface area contributed by atoms with Crippen LogP contribution in [0.3, 0.4) is 0 Å². The van der Waals surface area contributed by atoms with E-state index in [1.165, 1.54) is 0 Å². The summed E-state index contributed by atoms with van der Waals surface area (Å²) >= 11 is 6.12. The Morgan fingerprint density at radius 1 is 1.08 bits per heavy atom. The van der Waals surface area contributed by atoms with Crippen LogP contribution in [0.4, 0.5) is 5.82 Å². The highest BCUT2D eigenvalue weighted by molar-refractivity contribution is 6.30. The van der Waals surface area contributed by atoms with E-state index in [1.807, 2.05) is 62.4 Å². The van der Waals surface area contributed by atoms with Gasteiger partial charge in [0.2, 0.25) is 0 Å². The first kappa shape index (κ1) is 16.0. The first-order chi connectivity index (χ1) is 11.5. The van der Waals surface area contributed by atoms with Crippen molar-refractivity contribution in [3.63, 3.8) is 0 Å². The Morgan fingerprint density at radius 3 is 2.50 bits per heavy atom. The molecule has 3 rings (SSSR count). The summed E-state index contributed by atoms with van der Waals surface area (Å²) in [6.45, 7) is 3.98. The number of halogens is 1. The van der Waals surface area contributed by atoms with E-state index in [0.717, 1.165) is 33.5 Å². The highest BCUT2D eigenvalue weighted by Crippen LogP contribution is 2.37. The Balaban J connectivity index is 2.37. The van der Waals surface area contributed by atoms with Gasteiger partial charge in [-0.05, 0) is 42.7 Å². The Hall–Kier alpha value is -2.83. The molecule has 118 valence electrons. The maximum absolute atomic E-state index is 9.59. The third-order valence-corrected chi connectivity index (χ3v) is 4.33. The number of benzene rings is 2. The predicted octanol–water partition coefficient (Wildman–Crippen LogP) is 5.14. The van der Waals surface area contributed by atoms with Crippen molar-refractivity contribution in [1.82, 2.24) is 4.98 Å². The molecule has 0 saturated heterocycles. The van der Waals surface area contributed by atoms with Crippen molar-refractivity contribution >= 4 is 17.4 Å². The molecule has 0 fully saturated rings. The van der Waals surface area contributed by atoms with Crippen molar-refractivity contribution < 1.29 is 0 Å². The summed E-state index contributed by atoms with van der Waals surface area (Å²) in [6, 6.07) is 17.6. The second-order valence-corrected chi connectivity index (χ2v) is 6.09. The average Bonchev–Trinajstić information content (AvgIpc) is 2.57. The molecule has 0 unspecified atom stereocenters. The smallest absolute Gasteiger partial charge is 0.142 e. The van der Waals surface area contributed by atoms with Gasteiger partial charge in [-0.2, -0.15) is 5.26 Å². The summed E-state index contributed by atoms with van der Waals surface area (Å²) in [7, 11) is 0. The van der Waals surface area contributed by atoms with Crippen LogP contribution in [0.15, 0.2) is 48.5 Å². The van der Waals surface area contributed by atoms with E-state index in [1.54, 1.807) is 0 Å². The van der Waals surface area contributed by atoms with Crippen LogP contribution >= 0.6 is 11.6 Å². The molecule has 2 N–H and O–H groups in total. The van der Waals surface area contributed by atoms with Crippen LogP contribution in [0.1, 0.15) is 16.7 Å². The quantitative estimate of drug-likeness (QED) is 0.706. The minimum Gasteiger partial charge on any atom is -0.383 e. The summed E-state index contributed by atoms with van der Waals surface area (Å²) in [6.07, 6.45) is 0. The summed E-state index contributed by atoms with van der Waals surface area (Å²) in [5, 5.41) is 10.2. The molecule has 1 heterocycles. The van der Waals surface area contributed by atoms with Crippen molar-refractivity contribution in [2.45, 2.75) is 13.8 Å². The van der Waals surface area contributed by atoms with E-state index >= 15 is 0 Å². The van der Waals surface area contributed by atoms with Crippen LogP contribution in [0.2, 0.25) is 5.02 Å². The molecule has 3 aromatic rings. The molecule has 0 amide bonds. The zero-order valence-corrected chi connectivity index (χ0v) is 14.2. The lowest BCUT2D eigenvalue weighted by Crippen LogP contribution is -2.04. The van der Waals surface area contributed by atoms with Gasteiger partial charge in [0.15, 0.2) is 0 Å². The van der Waals surface area contributed by atoms with Crippen LogP contribution < -0.4 is 5.73 Å². The Labute approximate surface area is 146 Å². The van der Waals surface area contributed by atoms with E-state index < -0.39 is 0 Å². The monoisotopic (exact) mass is 333 g/mol. The maximum Gasteiger partial charge on any atom is 0.142 e. The lowest BCUT2D eigenvalue weighted by Gasteiger charge is -2.16. The van der Waals surface area contributed by atoms with E-state index in [2.05, 4.69) is 11.1 Å². The Morgan fingerprint density at radius 2 is 1.83 bits per heavy atom. The molecule has 0 aliphatic heterocycles. The predicted molar refractivity (Wildman–Crippen MR) is 98.7 cm³/mol. The second-order valence-electron chi connectivity index (χ2n) is 5.66. The number of nitriles is 1. The minimum absolute atomic E-state index is 0.233. The fourth-order valence-corrected chi connectivity index (χ4v) is 3.10. The molecular weight excluding hydrogens is 318 g/mol. The summed E-state index contributed by atoms with van der Waals surface area (Å²) in [4.78, 5) is 4.47. The molecule has 0 bridgehead atoms. The molecule has 3 nitrogen and oxygen atoms in total. The van der Waals surface area contributed by atoms with Crippen molar-refractivity contribution in [3.05, 3.63) is 70.2 Å². The highest BCUT2D eigenvalue weighted by Gasteiger charge is 2.19. The molecule has 0 spiro atoms. The van der Waals surface area contributed by atoms with Crippen molar-refractivity contribution in [2.75, 3.05) is 5.73 Å². The van der Waals surface area contributed by atoms with E-state index in [4.69, 9.17) is 17.3 Å². The highest BCUT2D eigenvalue weighted by atomic mass is 35.5. The molecule has 0 saturated carbocycles. The normalized spacial score (nSPS) is 10.4. The van der Waals surface area contributed by atoms with Crippen molar-refractivity contribution in [1.29, 1.82) is 5.26 Å². The SMILES string of the molecule is Cc1ccccc1-c1c(C)c(-c2cccc(Cl)c2)nc(N)c1C#N. The minimum atomic E-state index is 0.233. The number of rotatable bonds is 2. The molecule has 0 aliphatic rings. The van der Waals surface area contributed by atoms with Crippen LogP contribution in [-0.4, -0.2) is 4.98 Å².